The highest BCUT2D eigenvalue weighted by Gasteiger charge is 2.17. The Morgan fingerprint density at radius 3 is 2.25 bits per heavy atom. The van der Waals surface area contributed by atoms with Gasteiger partial charge in [-0.05, 0) is 29.9 Å². The molecule has 1 unspecified atom stereocenters. The van der Waals surface area contributed by atoms with E-state index in [1.54, 1.807) is 0 Å². The Morgan fingerprint density at radius 2 is 1.71 bits per heavy atom. The first-order valence-corrected chi connectivity index (χ1v) is 8.20. The zero-order valence-corrected chi connectivity index (χ0v) is 15.3. The summed E-state index contributed by atoms with van der Waals surface area (Å²) in [7, 11) is 2.58. The molecule has 2 aromatic rings. The van der Waals surface area contributed by atoms with E-state index >= 15 is 0 Å². The molecule has 0 fully saturated rings. The van der Waals surface area contributed by atoms with E-state index in [4.69, 9.17) is 5.73 Å². The maximum absolute atomic E-state index is 14.5. The summed E-state index contributed by atoms with van der Waals surface area (Å²) in [5.74, 6) is -1.20. The number of benzene rings is 2. The van der Waals surface area contributed by atoms with Crippen molar-refractivity contribution in [1.82, 2.24) is 0 Å². The van der Waals surface area contributed by atoms with Gasteiger partial charge in [0.05, 0.1) is 0 Å². The zero-order valence-electron chi connectivity index (χ0n) is 14.2. The Labute approximate surface area is 144 Å². The topological polar surface area (TPSA) is 26.0 Å². The lowest BCUT2D eigenvalue weighted by Crippen LogP contribution is -2.05. The first-order valence-electron chi connectivity index (χ1n) is 7.62. The molecule has 0 spiro atoms. The van der Waals surface area contributed by atoms with Gasteiger partial charge < -0.3 is 5.73 Å². The molecule has 0 saturated heterocycles. The van der Waals surface area contributed by atoms with E-state index in [0.29, 0.717) is 11.3 Å². The highest BCUT2D eigenvalue weighted by atomic mass is 31.0. The maximum atomic E-state index is 14.5. The smallest absolute Gasteiger partial charge is 0.136 e. The molecule has 24 heavy (non-hydrogen) atoms. The molecule has 0 saturated carbocycles. The van der Waals surface area contributed by atoms with Crippen LogP contribution in [0.15, 0.2) is 60.5 Å². The number of nitrogens with two attached hydrogens (primary N) is 1. The second-order valence-electron chi connectivity index (χ2n) is 4.83. The van der Waals surface area contributed by atoms with E-state index in [1.807, 2.05) is 38.1 Å². The van der Waals surface area contributed by atoms with Crippen molar-refractivity contribution in [3.63, 3.8) is 0 Å². The van der Waals surface area contributed by atoms with Crippen molar-refractivity contribution in [2.75, 3.05) is 0 Å². The van der Waals surface area contributed by atoms with Gasteiger partial charge in [0.25, 0.3) is 0 Å². The minimum atomic E-state index is -0.620. The predicted octanol–water partition coefficient (Wildman–Crippen LogP) is 4.86. The van der Waals surface area contributed by atoms with Crippen molar-refractivity contribution < 1.29 is 8.78 Å². The molecule has 1 atom stereocenters. The number of hydrogen-bond acceptors (Lipinski definition) is 1. The second-order valence-corrected chi connectivity index (χ2v) is 5.50. The molecule has 2 aromatic carbocycles. The van der Waals surface area contributed by atoms with Gasteiger partial charge in [-0.1, -0.05) is 44.7 Å². The third-order valence-corrected chi connectivity index (χ3v) is 3.72. The van der Waals surface area contributed by atoms with Crippen LogP contribution < -0.4 is 11.0 Å². The van der Waals surface area contributed by atoms with Gasteiger partial charge in [0.15, 0.2) is 0 Å². The van der Waals surface area contributed by atoms with Crippen LogP contribution in [-0.2, 0) is 0 Å². The number of halogens is 2. The SMILES string of the molecule is C=C=C/C(N)=C(/c1ccc(P)cc1)c1ccc(F)c(C)c1F.CC. The number of allylic oxidation sites excluding steroid dienone is 1. The lowest BCUT2D eigenvalue weighted by Gasteiger charge is -2.14. The summed E-state index contributed by atoms with van der Waals surface area (Å²) in [4.78, 5) is 0. The van der Waals surface area contributed by atoms with E-state index in [9.17, 15) is 8.78 Å². The largest absolute Gasteiger partial charge is 0.398 e. The maximum Gasteiger partial charge on any atom is 0.136 e. The second kappa shape index (κ2) is 9.17. The summed E-state index contributed by atoms with van der Waals surface area (Å²) >= 11 is 0. The van der Waals surface area contributed by atoms with Crippen molar-refractivity contribution in [3.8, 4) is 0 Å². The normalized spacial score (nSPS) is 10.9. The quantitative estimate of drug-likeness (QED) is 0.480. The summed E-state index contributed by atoms with van der Waals surface area (Å²) in [5, 5.41) is 0.997. The van der Waals surface area contributed by atoms with Gasteiger partial charge in [0, 0.05) is 28.5 Å². The lowest BCUT2D eigenvalue weighted by molar-refractivity contribution is 0.566. The summed E-state index contributed by atoms with van der Waals surface area (Å²) in [6.45, 7) is 8.89. The highest BCUT2D eigenvalue weighted by Crippen LogP contribution is 2.30. The number of rotatable bonds is 3. The molecule has 0 aliphatic rings. The van der Waals surface area contributed by atoms with Crippen LogP contribution >= 0.6 is 9.24 Å². The third-order valence-electron chi connectivity index (χ3n) is 3.34. The van der Waals surface area contributed by atoms with Gasteiger partial charge >= 0.3 is 0 Å². The van der Waals surface area contributed by atoms with Crippen LogP contribution in [0.2, 0.25) is 0 Å². The van der Waals surface area contributed by atoms with Crippen LogP contribution in [0, 0.1) is 18.6 Å². The molecular weight excluding hydrogens is 323 g/mol. The molecule has 2 N–H and O–H groups in total. The molecule has 0 heterocycles. The van der Waals surface area contributed by atoms with Crippen molar-refractivity contribution in [2.24, 2.45) is 5.73 Å². The van der Waals surface area contributed by atoms with E-state index < -0.39 is 11.6 Å². The standard InChI is InChI=1S/C18H16F2NP.C2H6/c1-3-4-16(21)17(12-5-7-13(22)8-6-12)14-9-10-15(19)11(2)18(14)20;1-2/h4-10H,1,21-22H2,2H3;1-2H3/b17-16+;. The first-order chi connectivity index (χ1) is 11.5. The Morgan fingerprint density at radius 1 is 1.12 bits per heavy atom. The van der Waals surface area contributed by atoms with Gasteiger partial charge in [-0.3, -0.25) is 0 Å². The van der Waals surface area contributed by atoms with E-state index in [2.05, 4.69) is 21.5 Å². The van der Waals surface area contributed by atoms with Crippen LogP contribution in [-0.4, -0.2) is 0 Å². The molecule has 4 heteroatoms. The summed E-state index contributed by atoms with van der Waals surface area (Å²) in [6, 6.07) is 10.0. The van der Waals surface area contributed by atoms with Crippen LogP contribution in [0.5, 0.6) is 0 Å². The fourth-order valence-electron chi connectivity index (χ4n) is 2.16. The van der Waals surface area contributed by atoms with Crippen LogP contribution in [0.3, 0.4) is 0 Å². The molecule has 126 valence electrons. The average Bonchev–Trinajstić information content (AvgIpc) is 2.59. The van der Waals surface area contributed by atoms with Crippen LogP contribution in [0.25, 0.3) is 5.57 Å². The monoisotopic (exact) mass is 345 g/mol. The third kappa shape index (κ3) is 4.41. The highest BCUT2D eigenvalue weighted by molar-refractivity contribution is 7.27. The molecule has 0 aliphatic heterocycles. The van der Waals surface area contributed by atoms with Crippen molar-refractivity contribution in [1.29, 1.82) is 0 Å². The Bertz CT molecular complexity index is 786. The van der Waals surface area contributed by atoms with Gasteiger partial charge in [-0.15, -0.1) is 15.0 Å². The average molecular weight is 345 g/mol. The predicted molar refractivity (Wildman–Crippen MR) is 102 cm³/mol. The van der Waals surface area contributed by atoms with Crippen molar-refractivity contribution >= 4 is 20.1 Å². The Hall–Kier alpha value is -2.21. The van der Waals surface area contributed by atoms with Gasteiger partial charge in [0.2, 0.25) is 0 Å². The molecule has 2 rings (SSSR count). The molecule has 0 bridgehead atoms. The van der Waals surface area contributed by atoms with Crippen molar-refractivity contribution in [2.45, 2.75) is 20.8 Å². The first kappa shape index (κ1) is 19.8. The van der Waals surface area contributed by atoms with Gasteiger partial charge in [-0.2, -0.15) is 0 Å². The number of hydrogen-bond donors (Lipinski definition) is 1. The molecule has 0 aromatic heterocycles. The molecule has 1 nitrogen and oxygen atoms in total. The zero-order chi connectivity index (χ0) is 18.3. The van der Waals surface area contributed by atoms with Crippen molar-refractivity contribution in [3.05, 3.63) is 88.8 Å². The Kier molecular flexibility index (Phi) is 7.58. The summed E-state index contributed by atoms with van der Waals surface area (Å²) in [5.41, 5.74) is 10.4. The van der Waals surface area contributed by atoms with Crippen LogP contribution in [0.4, 0.5) is 8.78 Å². The minimum Gasteiger partial charge on any atom is -0.398 e. The lowest BCUT2D eigenvalue weighted by atomic mass is 9.94. The van der Waals surface area contributed by atoms with Crippen LogP contribution in [0.1, 0.15) is 30.5 Å². The Balaban J connectivity index is 0.00000139. The summed E-state index contributed by atoms with van der Waals surface area (Å²) < 4.78 is 28.0. The van der Waals surface area contributed by atoms with E-state index in [1.165, 1.54) is 25.1 Å². The molecule has 0 radical (unpaired) electrons. The van der Waals surface area contributed by atoms with E-state index in [-0.39, 0.29) is 11.1 Å². The van der Waals surface area contributed by atoms with Gasteiger partial charge in [-0.25, -0.2) is 8.78 Å². The van der Waals surface area contributed by atoms with Gasteiger partial charge in [0.1, 0.15) is 11.6 Å². The van der Waals surface area contributed by atoms with E-state index in [0.717, 1.165) is 10.9 Å². The molecule has 0 aliphatic carbocycles. The molecular formula is C20H22F2NP. The minimum absolute atomic E-state index is 0.0342. The fraction of sp³-hybridized carbons (Fsp3) is 0.150. The summed E-state index contributed by atoms with van der Waals surface area (Å²) in [6.07, 6.45) is 1.47. The molecule has 0 amide bonds. The fourth-order valence-corrected chi connectivity index (χ4v) is 2.36.